The number of nitrogens with zero attached hydrogens (tertiary/aromatic N) is 4. The van der Waals surface area contributed by atoms with Crippen molar-refractivity contribution in [1.82, 2.24) is 14.3 Å². The second-order valence-electron chi connectivity index (χ2n) is 7.09. The maximum absolute atomic E-state index is 12.9. The predicted octanol–water partition coefficient (Wildman–Crippen LogP) is 3.88. The average molecular weight is 401 g/mol. The van der Waals surface area contributed by atoms with Crippen molar-refractivity contribution >= 4 is 22.4 Å². The summed E-state index contributed by atoms with van der Waals surface area (Å²) in [6, 6.07) is 17.2. The fraction of sp³-hybridized carbons (Fsp3) is 0.174. The average Bonchev–Trinajstić information content (AvgIpc) is 3.06. The fourth-order valence-corrected chi connectivity index (χ4v) is 3.44. The van der Waals surface area contributed by atoms with Gasteiger partial charge in [-0.05, 0) is 49.7 Å². The molecule has 0 amide bonds. The zero-order valence-corrected chi connectivity index (χ0v) is 17.4. The molecule has 4 aromatic rings. The van der Waals surface area contributed by atoms with Gasteiger partial charge in [-0.15, -0.1) is 0 Å². The number of hydrazone groups is 1. The number of hydrogen-bond donors (Lipinski definition) is 1. The molecule has 2 aromatic carbocycles. The minimum Gasteiger partial charge on any atom is -0.497 e. The molecule has 0 aliphatic carbocycles. The summed E-state index contributed by atoms with van der Waals surface area (Å²) >= 11 is 0. The molecular weight excluding hydrogens is 378 g/mol. The highest BCUT2D eigenvalue weighted by atomic mass is 16.5. The molecular formula is C23H23N5O2. The van der Waals surface area contributed by atoms with Crippen molar-refractivity contribution in [2.45, 2.75) is 13.8 Å². The molecule has 0 spiro atoms. The summed E-state index contributed by atoms with van der Waals surface area (Å²) < 4.78 is 8.66. The first-order valence-electron chi connectivity index (χ1n) is 9.58. The van der Waals surface area contributed by atoms with Crippen LogP contribution in [-0.4, -0.2) is 27.2 Å². The van der Waals surface area contributed by atoms with E-state index in [0.717, 1.165) is 27.9 Å². The lowest BCUT2D eigenvalue weighted by atomic mass is 10.1. The van der Waals surface area contributed by atoms with Crippen molar-refractivity contribution in [2.24, 2.45) is 12.1 Å². The number of benzene rings is 2. The molecule has 0 radical (unpaired) electrons. The van der Waals surface area contributed by atoms with E-state index in [1.54, 1.807) is 29.6 Å². The topological polar surface area (TPSA) is 73.4 Å². The lowest BCUT2D eigenvalue weighted by Gasteiger charge is -2.08. The van der Waals surface area contributed by atoms with Crippen LogP contribution in [0.4, 0.5) is 5.82 Å². The second-order valence-corrected chi connectivity index (χ2v) is 7.09. The van der Waals surface area contributed by atoms with Crippen molar-refractivity contribution in [3.63, 3.8) is 0 Å². The number of nitrogens with one attached hydrogen (secondary N) is 1. The molecule has 0 saturated carbocycles. The van der Waals surface area contributed by atoms with E-state index in [9.17, 15) is 4.79 Å². The van der Waals surface area contributed by atoms with Crippen LogP contribution in [0.2, 0.25) is 0 Å². The molecule has 0 saturated heterocycles. The summed E-state index contributed by atoms with van der Waals surface area (Å²) in [5, 5.41) is 5.46. The van der Waals surface area contributed by atoms with Crippen LogP contribution in [0.5, 0.6) is 5.75 Å². The van der Waals surface area contributed by atoms with Crippen LogP contribution < -0.4 is 15.7 Å². The number of aromatic nitrogens is 3. The van der Waals surface area contributed by atoms with Crippen LogP contribution in [0.15, 0.2) is 70.7 Å². The zero-order chi connectivity index (χ0) is 21.3. The normalized spacial score (nSPS) is 11.7. The number of methoxy groups -OCH3 is 1. The number of pyridine rings is 1. The first-order chi connectivity index (χ1) is 14.5. The van der Waals surface area contributed by atoms with Crippen LogP contribution in [-0.2, 0) is 7.05 Å². The molecule has 152 valence electrons. The number of para-hydroxylation sites is 1. The quantitative estimate of drug-likeness (QED) is 0.407. The Bertz CT molecular complexity index is 1300. The van der Waals surface area contributed by atoms with E-state index in [-0.39, 0.29) is 5.56 Å². The van der Waals surface area contributed by atoms with E-state index in [2.05, 4.69) is 15.5 Å². The van der Waals surface area contributed by atoms with Gasteiger partial charge in [0.15, 0.2) is 0 Å². The summed E-state index contributed by atoms with van der Waals surface area (Å²) in [5.41, 5.74) is 6.65. The number of aryl methyl sites for hydroxylation is 2. The third-order valence-electron chi connectivity index (χ3n) is 5.01. The third-order valence-corrected chi connectivity index (χ3v) is 5.01. The Balaban J connectivity index is 1.66. The number of hydrogen-bond acceptors (Lipinski definition) is 5. The SMILES string of the molecule is COc1ccc2c(C)cc(NN=C(C)c3cn(C)n(-c4ccccc4)c3=O)nc2c1. The summed E-state index contributed by atoms with van der Waals surface area (Å²) in [4.78, 5) is 17.6. The molecule has 0 aliphatic rings. The Morgan fingerprint density at radius 3 is 2.63 bits per heavy atom. The molecule has 0 aliphatic heterocycles. The molecule has 7 nitrogen and oxygen atoms in total. The lowest BCUT2D eigenvalue weighted by molar-refractivity contribution is 0.415. The molecule has 0 atom stereocenters. The number of rotatable bonds is 5. The Morgan fingerprint density at radius 2 is 1.90 bits per heavy atom. The number of fused-ring (bicyclic) bond motifs is 1. The van der Waals surface area contributed by atoms with Gasteiger partial charge in [-0.3, -0.25) is 14.9 Å². The number of anilines is 1. The van der Waals surface area contributed by atoms with E-state index < -0.39 is 0 Å². The van der Waals surface area contributed by atoms with Gasteiger partial charge in [-0.2, -0.15) is 5.10 Å². The molecule has 1 N–H and O–H groups in total. The Kier molecular flexibility index (Phi) is 5.10. The van der Waals surface area contributed by atoms with Crippen molar-refractivity contribution in [3.05, 3.63) is 82.3 Å². The maximum atomic E-state index is 12.9. The van der Waals surface area contributed by atoms with Crippen LogP contribution in [0.3, 0.4) is 0 Å². The first-order valence-corrected chi connectivity index (χ1v) is 9.58. The van der Waals surface area contributed by atoms with E-state index in [0.29, 0.717) is 17.1 Å². The maximum Gasteiger partial charge on any atom is 0.280 e. The molecule has 2 heterocycles. The highest BCUT2D eigenvalue weighted by Gasteiger charge is 2.13. The van der Waals surface area contributed by atoms with Gasteiger partial charge in [-0.25, -0.2) is 9.67 Å². The Hall–Kier alpha value is -3.87. The fourth-order valence-electron chi connectivity index (χ4n) is 3.44. The van der Waals surface area contributed by atoms with Crippen molar-refractivity contribution in [2.75, 3.05) is 12.5 Å². The predicted molar refractivity (Wildman–Crippen MR) is 120 cm³/mol. The number of ether oxygens (including phenoxy) is 1. The van der Waals surface area contributed by atoms with E-state index in [1.165, 1.54) is 0 Å². The van der Waals surface area contributed by atoms with Crippen molar-refractivity contribution in [3.8, 4) is 11.4 Å². The van der Waals surface area contributed by atoms with Gasteiger partial charge in [0.1, 0.15) is 11.6 Å². The molecule has 2 aromatic heterocycles. The van der Waals surface area contributed by atoms with Gasteiger partial charge in [-0.1, -0.05) is 18.2 Å². The minimum atomic E-state index is -0.126. The molecule has 0 bridgehead atoms. The monoisotopic (exact) mass is 401 g/mol. The van der Waals surface area contributed by atoms with Crippen molar-refractivity contribution in [1.29, 1.82) is 0 Å². The highest BCUT2D eigenvalue weighted by Crippen LogP contribution is 2.24. The molecule has 0 unspecified atom stereocenters. The van der Waals surface area contributed by atoms with Gasteiger partial charge in [0.2, 0.25) is 0 Å². The van der Waals surface area contributed by atoms with Crippen LogP contribution in [0.25, 0.3) is 16.6 Å². The van der Waals surface area contributed by atoms with Crippen LogP contribution in [0.1, 0.15) is 18.1 Å². The van der Waals surface area contributed by atoms with E-state index >= 15 is 0 Å². The van der Waals surface area contributed by atoms with Gasteiger partial charge in [0.25, 0.3) is 5.56 Å². The van der Waals surface area contributed by atoms with Gasteiger partial charge in [0.05, 0.1) is 29.6 Å². The minimum absolute atomic E-state index is 0.126. The summed E-state index contributed by atoms with van der Waals surface area (Å²) in [6.45, 7) is 3.82. The molecule has 0 fully saturated rings. The first kappa shape index (κ1) is 19.4. The van der Waals surface area contributed by atoms with Crippen molar-refractivity contribution < 1.29 is 4.74 Å². The highest BCUT2D eigenvalue weighted by molar-refractivity contribution is 5.98. The van der Waals surface area contributed by atoms with Crippen LogP contribution in [0, 0.1) is 6.92 Å². The van der Waals surface area contributed by atoms with Gasteiger partial charge < -0.3 is 4.74 Å². The smallest absolute Gasteiger partial charge is 0.280 e. The third kappa shape index (κ3) is 3.57. The largest absolute Gasteiger partial charge is 0.497 e. The van der Waals surface area contributed by atoms with Gasteiger partial charge >= 0.3 is 0 Å². The molecule has 4 rings (SSSR count). The van der Waals surface area contributed by atoms with Crippen LogP contribution >= 0.6 is 0 Å². The zero-order valence-electron chi connectivity index (χ0n) is 17.4. The second kappa shape index (κ2) is 7.87. The van der Waals surface area contributed by atoms with Gasteiger partial charge in [0, 0.05) is 24.7 Å². The summed E-state index contributed by atoms with van der Waals surface area (Å²) in [6.07, 6.45) is 1.78. The molecule has 30 heavy (non-hydrogen) atoms. The Morgan fingerprint density at radius 1 is 1.13 bits per heavy atom. The standard InChI is InChI=1S/C23H23N5O2/c1-15-12-22(24-21-13-18(30-4)10-11-19(15)21)26-25-16(2)20-14-27(3)28(23(20)29)17-8-6-5-7-9-17/h5-14H,1-4H3,(H,24,26). The Labute approximate surface area is 174 Å². The summed E-state index contributed by atoms with van der Waals surface area (Å²) in [5.74, 6) is 1.35. The van der Waals surface area contributed by atoms with E-state index in [4.69, 9.17) is 4.74 Å². The summed E-state index contributed by atoms with van der Waals surface area (Å²) in [7, 11) is 3.46. The molecule has 7 heteroatoms. The van der Waals surface area contributed by atoms with E-state index in [1.807, 2.05) is 68.6 Å². The lowest BCUT2D eigenvalue weighted by Crippen LogP contribution is -2.22.